The Bertz CT molecular complexity index is 1970. The number of aliphatic hydroxyl groups is 3. The molecule has 10 heterocycles. The van der Waals surface area contributed by atoms with Gasteiger partial charge in [-0.25, -0.2) is 4.79 Å². The lowest BCUT2D eigenvalue weighted by molar-refractivity contribution is -0.135. The van der Waals surface area contributed by atoms with Gasteiger partial charge < -0.3 is 97.8 Å². The van der Waals surface area contributed by atoms with E-state index in [9.17, 15) is 9.59 Å². The number of hydrogen-bond donors (Lipinski definition) is 14. The molecule has 92 heavy (non-hydrogen) atoms. The molecule has 7 atom stereocenters. The number of carbonyl (C=O) groups is 2. The highest BCUT2D eigenvalue weighted by Crippen LogP contribution is 2.30. The minimum atomic E-state index is -0.387. The molecule has 5 unspecified atom stereocenters. The molecule has 10 aliphatic heterocycles. The molecule has 0 aromatic heterocycles. The Kier molecular flexibility index (Phi) is 47.2. The van der Waals surface area contributed by atoms with E-state index in [1.807, 2.05) is 46.6 Å². The standard InChI is InChI=1S/C10H20N2O.C9H18N2O2.C9H17N.C9H11N.C8H9N.C6H13NO.C5H11NO.2C4H9NO.C4H11NO.C3H7N/c1-3-12(4-2)10(13)9-6-5-7-11-8-9;1-9(2,3)13-8(12)11-6-4-10-5-7-11;2*1-2-6-9-8(4-1)5-3-7-10-9;1-2-4-8-6-9-5-7(8)3-1;1-5-3-7-4-6(2)8-5;7-5-1-3-6-4-2-5;2*6-4-1-2-5-3-4;1-5-3-4-6-2;1-2-4-3-1/h9,11H,3-8H2,1-2H3;10H,4-7H2,1-3H3;8-10H,1-7H2;1-2,4,6,10H,3,5,7H2;1-4,9H,5-6H2;5-7H,3-4H2,1-2H3;5-7H,1-4H2;2*4-6H,1-3H2;5H,3-4H2,1-2H3;4H,1-3H2/t;;;;;;;2*4-;;/m.......10../s1. The van der Waals surface area contributed by atoms with E-state index in [0.717, 1.165) is 188 Å². The number of carbonyl (C=O) groups excluding carboxylic acids is 2. The van der Waals surface area contributed by atoms with E-state index in [1.165, 1.54) is 99.8 Å². The lowest BCUT2D eigenvalue weighted by atomic mass is 9.80. The van der Waals surface area contributed by atoms with Crippen LogP contribution in [0.1, 0.15) is 155 Å². The van der Waals surface area contributed by atoms with Gasteiger partial charge in [0.1, 0.15) is 5.60 Å². The van der Waals surface area contributed by atoms with E-state index in [4.69, 9.17) is 29.5 Å². The number of rotatable bonds is 6. The van der Waals surface area contributed by atoms with Crippen LogP contribution < -0.4 is 58.5 Å². The number of piperidine rings is 3. The SMILES string of the molecule is C1CCC2NCCCC2C1.C1CNC1.CC(C)(C)OC(=O)N1CCNCC1.CC1CNCC(C)O1.CCN(CC)C(=O)C1CCCNC1.CNCCOC.OC1CCNCC1.O[C@@H]1CCNC1.O[C@H]1CCNC1.c1ccc2c(c1)CCCN2.c1ccc2c(c1)CNC2. The number of aryl methyl sites for hydroxylation is 1. The van der Waals surface area contributed by atoms with Crippen LogP contribution >= 0.6 is 0 Å². The summed E-state index contributed by atoms with van der Waals surface area (Å²) in [4.78, 5) is 27.0. The molecule has 1 aliphatic carbocycles. The molecule has 2 aromatic rings. The lowest BCUT2D eigenvalue weighted by Crippen LogP contribution is -2.48. The highest BCUT2D eigenvalue weighted by Gasteiger charge is 2.27. The van der Waals surface area contributed by atoms with E-state index in [2.05, 4.69) is 121 Å². The van der Waals surface area contributed by atoms with Gasteiger partial charge in [0.05, 0.1) is 43.0 Å². The first kappa shape index (κ1) is 82.6. The molecule has 2 amide bonds. The number of amides is 2. The van der Waals surface area contributed by atoms with Gasteiger partial charge in [-0.2, -0.15) is 0 Å². The monoisotopic (exact) mass is 1300 g/mol. The van der Waals surface area contributed by atoms with Gasteiger partial charge in [-0.1, -0.05) is 55.3 Å². The van der Waals surface area contributed by atoms with E-state index in [0.29, 0.717) is 18.1 Å². The Hall–Kier alpha value is -3.62. The van der Waals surface area contributed by atoms with Crippen LogP contribution in [0.2, 0.25) is 0 Å². The molecule has 0 bridgehead atoms. The lowest BCUT2D eigenvalue weighted by Gasteiger charge is -2.36. The predicted molar refractivity (Wildman–Crippen MR) is 379 cm³/mol. The van der Waals surface area contributed by atoms with Crippen LogP contribution in [0.3, 0.4) is 0 Å². The summed E-state index contributed by atoms with van der Waals surface area (Å²) in [7, 11) is 3.59. The Morgan fingerprint density at radius 3 is 1.54 bits per heavy atom. The van der Waals surface area contributed by atoms with E-state index in [1.54, 1.807) is 12.0 Å². The third-order valence-corrected chi connectivity index (χ3v) is 17.2. The van der Waals surface area contributed by atoms with Crippen molar-refractivity contribution < 1.29 is 39.1 Å². The highest BCUT2D eigenvalue weighted by atomic mass is 16.6. The van der Waals surface area contributed by atoms with Crippen molar-refractivity contribution in [3.05, 3.63) is 65.2 Å². The maximum absolute atomic E-state index is 11.8. The molecule has 532 valence electrons. The summed E-state index contributed by atoms with van der Waals surface area (Å²) in [5.74, 6) is 1.60. The fourth-order valence-corrected chi connectivity index (χ4v) is 11.6. The molecule has 0 spiro atoms. The third-order valence-electron chi connectivity index (χ3n) is 17.2. The molecular weight excluding hydrogens is 1160 g/mol. The number of methoxy groups -OCH3 is 1. The quantitative estimate of drug-likeness (QED) is 0.158. The molecule has 9 fully saturated rings. The molecule has 8 saturated heterocycles. The van der Waals surface area contributed by atoms with Gasteiger partial charge in [-0.05, 0) is 220 Å². The first-order valence-electron chi connectivity index (χ1n) is 35.9. The zero-order chi connectivity index (χ0) is 66.9. The molecule has 21 nitrogen and oxygen atoms in total. The zero-order valence-electron chi connectivity index (χ0n) is 59.1. The van der Waals surface area contributed by atoms with Crippen molar-refractivity contribution in [1.82, 2.24) is 63.0 Å². The maximum Gasteiger partial charge on any atom is 0.410 e. The second-order valence-corrected chi connectivity index (χ2v) is 26.5. The molecule has 1 saturated carbocycles. The number of piperazine rings is 1. The van der Waals surface area contributed by atoms with Crippen LogP contribution in [0.5, 0.6) is 0 Å². The van der Waals surface area contributed by atoms with Crippen LogP contribution in [0, 0.1) is 11.8 Å². The minimum Gasteiger partial charge on any atom is -0.444 e. The molecule has 2 aromatic carbocycles. The van der Waals surface area contributed by atoms with Crippen LogP contribution in [-0.4, -0.2) is 237 Å². The van der Waals surface area contributed by atoms with Gasteiger partial charge in [0, 0.05) is 117 Å². The van der Waals surface area contributed by atoms with Crippen LogP contribution in [0.4, 0.5) is 10.5 Å². The number of β-amino-alcohol motifs (C(OH)–C–C–N with tert-alkyl or cyclic N) is 2. The molecule has 11 aliphatic rings. The number of fused-ring (bicyclic) bond motifs is 3. The number of hydrogen-bond acceptors (Lipinski definition) is 19. The summed E-state index contributed by atoms with van der Waals surface area (Å²) in [5.41, 5.74) is 5.32. The Labute approximate surface area is 558 Å². The fourth-order valence-electron chi connectivity index (χ4n) is 11.6. The molecular formula is C71H135N13O8. The van der Waals surface area contributed by atoms with Crippen LogP contribution in [0.25, 0.3) is 0 Å². The summed E-state index contributed by atoms with van der Waals surface area (Å²) >= 11 is 0. The first-order valence-corrected chi connectivity index (χ1v) is 35.9. The Morgan fingerprint density at radius 1 is 0.587 bits per heavy atom. The third kappa shape index (κ3) is 40.1. The maximum atomic E-state index is 11.8. The van der Waals surface area contributed by atoms with Crippen LogP contribution in [-0.2, 0) is 38.5 Å². The summed E-state index contributed by atoms with van der Waals surface area (Å²) in [6.45, 7) is 37.0. The average molecular weight is 1300 g/mol. The van der Waals surface area contributed by atoms with Gasteiger partial charge in [0.2, 0.25) is 5.91 Å². The average Bonchev–Trinajstić information content (AvgIpc) is 3.48. The number of anilines is 1. The van der Waals surface area contributed by atoms with E-state index in [-0.39, 0.29) is 35.9 Å². The number of likely N-dealkylation sites (N-methyl/N-ethyl adjacent to an activating group) is 1. The Balaban J connectivity index is 0.000000268. The summed E-state index contributed by atoms with van der Waals surface area (Å²) in [6.07, 6.45) is 19.1. The van der Waals surface area contributed by atoms with E-state index >= 15 is 0 Å². The van der Waals surface area contributed by atoms with Gasteiger partial charge >= 0.3 is 6.09 Å². The minimum absolute atomic E-state index is 0.0266. The second kappa shape index (κ2) is 52.6. The number of morpholine rings is 1. The molecule has 21 heteroatoms. The van der Waals surface area contributed by atoms with Gasteiger partial charge in [0.25, 0.3) is 0 Å². The molecule has 13 rings (SSSR count). The first-order chi connectivity index (χ1) is 44.6. The Morgan fingerprint density at radius 2 is 1.11 bits per heavy atom. The summed E-state index contributed by atoms with van der Waals surface area (Å²) < 4.78 is 15.4. The van der Waals surface area contributed by atoms with Gasteiger partial charge in [-0.3, -0.25) is 4.79 Å². The van der Waals surface area contributed by atoms with Crippen LogP contribution in [0.15, 0.2) is 48.5 Å². The topological polar surface area (TPSA) is 261 Å². The highest BCUT2D eigenvalue weighted by molar-refractivity contribution is 5.79. The van der Waals surface area contributed by atoms with Crippen molar-refractivity contribution in [2.75, 3.05) is 164 Å². The normalized spacial score (nSPS) is 25.0. The van der Waals surface area contributed by atoms with Crippen molar-refractivity contribution >= 4 is 17.7 Å². The van der Waals surface area contributed by atoms with Gasteiger partial charge in [0.15, 0.2) is 0 Å². The number of benzene rings is 2. The second-order valence-electron chi connectivity index (χ2n) is 26.5. The van der Waals surface area contributed by atoms with Crippen molar-refractivity contribution in [2.45, 2.75) is 200 Å². The van der Waals surface area contributed by atoms with E-state index < -0.39 is 0 Å². The largest absolute Gasteiger partial charge is 0.444 e. The fraction of sp³-hybridized carbons (Fsp3) is 0.803. The smallest absolute Gasteiger partial charge is 0.410 e. The number of aliphatic hydroxyl groups excluding tert-OH is 3. The van der Waals surface area contributed by atoms with Crippen molar-refractivity contribution in [3.8, 4) is 0 Å². The van der Waals surface area contributed by atoms with Crippen molar-refractivity contribution in [2.24, 2.45) is 11.8 Å². The number of nitrogens with one attached hydrogen (secondary N) is 11. The summed E-state index contributed by atoms with van der Waals surface area (Å²) in [6, 6.07) is 18.0. The summed E-state index contributed by atoms with van der Waals surface area (Å²) in [5, 5.41) is 61.4. The molecule has 14 N–H and O–H groups in total. The zero-order valence-corrected chi connectivity index (χ0v) is 59.1. The van der Waals surface area contributed by atoms with Gasteiger partial charge in [-0.15, -0.1) is 0 Å². The predicted octanol–water partition coefficient (Wildman–Crippen LogP) is 5.57. The van der Waals surface area contributed by atoms with Crippen molar-refractivity contribution in [3.63, 3.8) is 0 Å². The van der Waals surface area contributed by atoms with Crippen molar-refractivity contribution in [1.29, 1.82) is 0 Å². The number of ether oxygens (including phenoxy) is 3. The number of nitrogens with zero attached hydrogens (tertiary/aromatic N) is 2. The molecule has 0 radical (unpaired) electrons. The number of para-hydroxylation sites is 1.